The second-order valence-corrected chi connectivity index (χ2v) is 5.36. The summed E-state index contributed by atoms with van der Waals surface area (Å²) in [6.45, 7) is 2.78. The zero-order valence-electron chi connectivity index (χ0n) is 11.6. The molecule has 0 fully saturated rings. The van der Waals surface area contributed by atoms with E-state index in [9.17, 15) is 4.79 Å². The summed E-state index contributed by atoms with van der Waals surface area (Å²) in [7, 11) is 0. The Morgan fingerprint density at radius 3 is 3.05 bits per heavy atom. The number of hydrogen-bond acceptors (Lipinski definition) is 3. The SMILES string of the molecule is CC(CCl)CCCNC(=O)Cc1noc2ccccc12. The van der Waals surface area contributed by atoms with Crippen LogP contribution in [0.5, 0.6) is 0 Å². The molecule has 0 aliphatic rings. The van der Waals surface area contributed by atoms with E-state index in [-0.39, 0.29) is 12.3 Å². The van der Waals surface area contributed by atoms with Gasteiger partial charge < -0.3 is 9.84 Å². The summed E-state index contributed by atoms with van der Waals surface area (Å²) in [4.78, 5) is 11.8. The monoisotopic (exact) mass is 294 g/mol. The Hall–Kier alpha value is -1.55. The molecule has 0 saturated carbocycles. The number of amides is 1. The van der Waals surface area contributed by atoms with E-state index in [0.29, 0.717) is 29.6 Å². The highest BCUT2D eigenvalue weighted by molar-refractivity contribution is 6.18. The molecular weight excluding hydrogens is 276 g/mol. The van der Waals surface area contributed by atoms with E-state index in [4.69, 9.17) is 16.1 Å². The van der Waals surface area contributed by atoms with Crippen LogP contribution in [0.4, 0.5) is 0 Å². The smallest absolute Gasteiger partial charge is 0.226 e. The number of alkyl halides is 1. The van der Waals surface area contributed by atoms with E-state index in [1.807, 2.05) is 24.3 Å². The molecular formula is C15H19ClN2O2. The van der Waals surface area contributed by atoms with Crippen LogP contribution in [0.2, 0.25) is 0 Å². The molecule has 1 aromatic heterocycles. The van der Waals surface area contributed by atoms with Crippen LogP contribution >= 0.6 is 11.6 Å². The van der Waals surface area contributed by atoms with Crippen molar-refractivity contribution < 1.29 is 9.32 Å². The molecule has 2 aromatic rings. The van der Waals surface area contributed by atoms with Crippen molar-refractivity contribution >= 4 is 28.5 Å². The summed E-state index contributed by atoms with van der Waals surface area (Å²) >= 11 is 5.74. The van der Waals surface area contributed by atoms with Gasteiger partial charge >= 0.3 is 0 Å². The highest BCUT2D eigenvalue weighted by Gasteiger charge is 2.11. The quantitative estimate of drug-likeness (QED) is 0.630. The fourth-order valence-electron chi connectivity index (χ4n) is 2.04. The van der Waals surface area contributed by atoms with E-state index in [1.54, 1.807) is 0 Å². The molecule has 1 aromatic carbocycles. The minimum absolute atomic E-state index is 0.0254. The van der Waals surface area contributed by atoms with Crippen molar-refractivity contribution in [3.05, 3.63) is 30.0 Å². The number of rotatable bonds is 7. The first-order valence-corrected chi connectivity index (χ1v) is 7.40. The van der Waals surface area contributed by atoms with Gasteiger partial charge in [0.2, 0.25) is 5.91 Å². The molecule has 0 saturated heterocycles. The van der Waals surface area contributed by atoms with Crippen molar-refractivity contribution in [3.63, 3.8) is 0 Å². The Morgan fingerprint density at radius 2 is 2.25 bits per heavy atom. The van der Waals surface area contributed by atoms with Crippen LogP contribution in [0, 0.1) is 5.92 Å². The lowest BCUT2D eigenvalue weighted by Gasteiger charge is -2.07. The zero-order valence-corrected chi connectivity index (χ0v) is 12.3. The van der Waals surface area contributed by atoms with E-state index in [2.05, 4.69) is 17.4 Å². The molecule has 0 aliphatic carbocycles. The van der Waals surface area contributed by atoms with Gasteiger partial charge in [-0.05, 0) is 30.9 Å². The second kappa shape index (κ2) is 7.29. The number of carbonyl (C=O) groups is 1. The molecule has 0 spiro atoms. The van der Waals surface area contributed by atoms with Crippen LogP contribution in [0.1, 0.15) is 25.5 Å². The Balaban J connectivity index is 1.80. The number of nitrogens with one attached hydrogen (secondary N) is 1. The van der Waals surface area contributed by atoms with Gasteiger partial charge in [-0.25, -0.2) is 0 Å². The van der Waals surface area contributed by atoms with Gasteiger partial charge in [0.1, 0.15) is 5.69 Å². The van der Waals surface area contributed by atoms with Crippen LogP contribution in [0.15, 0.2) is 28.8 Å². The first kappa shape index (κ1) is 14.9. The number of carbonyl (C=O) groups excluding carboxylic acids is 1. The predicted octanol–water partition coefficient (Wildman–Crippen LogP) is 3.14. The molecule has 1 N–H and O–H groups in total. The Morgan fingerprint density at radius 1 is 1.45 bits per heavy atom. The summed E-state index contributed by atoms with van der Waals surface area (Å²) in [5.74, 6) is 1.13. The average Bonchev–Trinajstić information content (AvgIpc) is 2.86. The highest BCUT2D eigenvalue weighted by atomic mass is 35.5. The predicted molar refractivity (Wildman–Crippen MR) is 79.8 cm³/mol. The lowest BCUT2D eigenvalue weighted by atomic mass is 10.1. The maximum atomic E-state index is 11.8. The van der Waals surface area contributed by atoms with Gasteiger partial charge in [-0.15, -0.1) is 11.6 Å². The van der Waals surface area contributed by atoms with Crippen LogP contribution in [0.3, 0.4) is 0 Å². The standard InChI is InChI=1S/C15H19ClN2O2/c1-11(10-16)5-4-8-17-15(19)9-13-12-6-2-3-7-14(12)20-18-13/h2-3,6-7,11H,4-5,8-10H2,1H3,(H,17,19). The molecule has 1 heterocycles. The van der Waals surface area contributed by atoms with Crippen molar-refractivity contribution in [1.82, 2.24) is 10.5 Å². The minimum atomic E-state index is -0.0254. The summed E-state index contributed by atoms with van der Waals surface area (Å²) in [5.41, 5.74) is 1.40. The van der Waals surface area contributed by atoms with Gasteiger partial charge in [-0.3, -0.25) is 4.79 Å². The molecule has 20 heavy (non-hydrogen) atoms. The number of fused-ring (bicyclic) bond motifs is 1. The largest absolute Gasteiger partial charge is 0.356 e. The van der Waals surface area contributed by atoms with E-state index < -0.39 is 0 Å². The first-order valence-electron chi connectivity index (χ1n) is 6.86. The fourth-order valence-corrected chi connectivity index (χ4v) is 2.19. The Labute approximate surface area is 123 Å². The van der Waals surface area contributed by atoms with Crippen LogP contribution in [0.25, 0.3) is 11.0 Å². The average molecular weight is 295 g/mol. The summed E-state index contributed by atoms with van der Waals surface area (Å²) in [5, 5.41) is 7.75. The van der Waals surface area contributed by atoms with Gasteiger partial charge in [0.15, 0.2) is 5.58 Å². The second-order valence-electron chi connectivity index (χ2n) is 5.05. The lowest BCUT2D eigenvalue weighted by molar-refractivity contribution is -0.120. The molecule has 1 amide bonds. The summed E-state index contributed by atoms with van der Waals surface area (Å²) in [6.07, 6.45) is 2.22. The van der Waals surface area contributed by atoms with Gasteiger partial charge in [0, 0.05) is 17.8 Å². The molecule has 0 aliphatic heterocycles. The highest BCUT2D eigenvalue weighted by Crippen LogP contribution is 2.17. The fraction of sp³-hybridized carbons (Fsp3) is 0.467. The Kier molecular flexibility index (Phi) is 5.41. The zero-order chi connectivity index (χ0) is 14.4. The number of halogens is 1. The molecule has 5 heteroatoms. The third kappa shape index (κ3) is 3.97. The van der Waals surface area contributed by atoms with Crippen molar-refractivity contribution in [1.29, 1.82) is 0 Å². The van der Waals surface area contributed by atoms with Crippen molar-refractivity contribution in [2.24, 2.45) is 5.92 Å². The Bertz CT molecular complexity index is 568. The normalized spacial score (nSPS) is 12.5. The van der Waals surface area contributed by atoms with Crippen molar-refractivity contribution in [2.45, 2.75) is 26.2 Å². The number of hydrogen-bond donors (Lipinski definition) is 1. The molecule has 108 valence electrons. The topological polar surface area (TPSA) is 55.1 Å². The van der Waals surface area contributed by atoms with Crippen LogP contribution < -0.4 is 5.32 Å². The first-order chi connectivity index (χ1) is 9.70. The van der Waals surface area contributed by atoms with Gasteiger partial charge in [-0.1, -0.05) is 24.2 Å². The summed E-state index contributed by atoms with van der Waals surface area (Å²) in [6, 6.07) is 7.55. The van der Waals surface area contributed by atoms with Gasteiger partial charge in [0.25, 0.3) is 0 Å². The van der Waals surface area contributed by atoms with E-state index in [1.165, 1.54) is 0 Å². The molecule has 4 nitrogen and oxygen atoms in total. The number of nitrogens with zero attached hydrogens (tertiary/aromatic N) is 1. The van der Waals surface area contributed by atoms with Crippen molar-refractivity contribution in [3.8, 4) is 0 Å². The number of para-hydroxylation sites is 1. The summed E-state index contributed by atoms with van der Waals surface area (Å²) < 4.78 is 5.18. The minimum Gasteiger partial charge on any atom is -0.356 e. The molecule has 0 bridgehead atoms. The maximum Gasteiger partial charge on any atom is 0.226 e. The maximum absolute atomic E-state index is 11.8. The van der Waals surface area contributed by atoms with Gasteiger partial charge in [0.05, 0.1) is 6.42 Å². The molecule has 2 rings (SSSR count). The number of benzene rings is 1. The lowest BCUT2D eigenvalue weighted by Crippen LogP contribution is -2.26. The molecule has 1 unspecified atom stereocenters. The van der Waals surface area contributed by atoms with Crippen LogP contribution in [-0.2, 0) is 11.2 Å². The van der Waals surface area contributed by atoms with Crippen molar-refractivity contribution in [2.75, 3.05) is 12.4 Å². The van der Waals surface area contributed by atoms with Crippen LogP contribution in [-0.4, -0.2) is 23.5 Å². The van der Waals surface area contributed by atoms with Gasteiger partial charge in [-0.2, -0.15) is 0 Å². The number of aromatic nitrogens is 1. The van der Waals surface area contributed by atoms with E-state index in [0.717, 1.165) is 18.2 Å². The third-order valence-electron chi connectivity index (χ3n) is 3.24. The van der Waals surface area contributed by atoms with E-state index >= 15 is 0 Å². The molecule has 0 radical (unpaired) electrons. The molecule has 1 atom stereocenters. The third-order valence-corrected chi connectivity index (χ3v) is 3.77.